The molecule has 1 amide bonds. The monoisotopic (exact) mass is 361 g/mol. The molecule has 2 aromatic carbocycles. The number of terminal acetylenes is 1. The largest absolute Gasteiger partial charge is 0.430 e. The second kappa shape index (κ2) is 5.86. The fourth-order valence-electron chi connectivity index (χ4n) is 2.40. The molecule has 2 aromatic rings. The van der Waals surface area contributed by atoms with Crippen LogP contribution in [0.2, 0.25) is 5.02 Å². The summed E-state index contributed by atoms with van der Waals surface area (Å²) in [5.74, 6) is 2.31. The van der Waals surface area contributed by atoms with Gasteiger partial charge >= 0.3 is 6.09 Å². The first kappa shape index (κ1) is 16.4. The van der Waals surface area contributed by atoms with Gasteiger partial charge in [-0.25, -0.2) is 13.2 Å². The zero-order valence-electron chi connectivity index (χ0n) is 12.6. The van der Waals surface area contributed by atoms with E-state index in [1.165, 1.54) is 30.3 Å². The molecule has 1 atom stereocenters. The van der Waals surface area contributed by atoms with E-state index in [2.05, 4.69) is 5.92 Å². The molecule has 5 nitrogen and oxygen atoms in total. The average molecular weight is 362 g/mol. The summed E-state index contributed by atoms with van der Waals surface area (Å²) in [7, 11) is -4.14. The summed E-state index contributed by atoms with van der Waals surface area (Å²) < 4.78 is 31.5. The van der Waals surface area contributed by atoms with Crippen molar-refractivity contribution in [2.45, 2.75) is 17.9 Å². The molecular formula is C17H12ClNO4S. The summed E-state index contributed by atoms with van der Waals surface area (Å²) in [6.45, 7) is 1.83. The minimum Gasteiger partial charge on any atom is -0.427 e. The second-order valence-corrected chi connectivity index (χ2v) is 7.44. The molecule has 0 spiro atoms. The van der Waals surface area contributed by atoms with E-state index >= 15 is 0 Å². The Balaban J connectivity index is 2.19. The minimum absolute atomic E-state index is 0.0230. The summed E-state index contributed by atoms with van der Waals surface area (Å²) in [6, 6.07) is 10.6. The van der Waals surface area contributed by atoms with Gasteiger partial charge in [0.2, 0.25) is 0 Å². The number of rotatable bonds is 2. The van der Waals surface area contributed by atoms with Crippen LogP contribution in [0, 0.1) is 19.3 Å². The molecule has 0 aromatic heterocycles. The van der Waals surface area contributed by atoms with Crippen molar-refractivity contribution in [1.29, 1.82) is 0 Å². The van der Waals surface area contributed by atoms with Gasteiger partial charge in [0.25, 0.3) is 10.0 Å². The van der Waals surface area contributed by atoms with Crippen molar-refractivity contribution in [3.63, 3.8) is 0 Å². The number of amides is 1. The van der Waals surface area contributed by atoms with Gasteiger partial charge in [0.15, 0.2) is 6.10 Å². The highest BCUT2D eigenvalue weighted by molar-refractivity contribution is 7.93. The van der Waals surface area contributed by atoms with E-state index in [4.69, 9.17) is 22.8 Å². The van der Waals surface area contributed by atoms with Gasteiger partial charge in [-0.2, -0.15) is 4.31 Å². The van der Waals surface area contributed by atoms with E-state index in [0.29, 0.717) is 14.9 Å². The highest BCUT2D eigenvalue weighted by Crippen LogP contribution is 2.39. The molecule has 0 bridgehead atoms. The minimum atomic E-state index is -4.14. The van der Waals surface area contributed by atoms with E-state index in [-0.39, 0.29) is 10.6 Å². The van der Waals surface area contributed by atoms with Gasteiger partial charge in [-0.1, -0.05) is 35.2 Å². The number of nitrogens with zero attached hydrogens (tertiary/aromatic N) is 1. The molecule has 24 heavy (non-hydrogen) atoms. The maximum atomic E-state index is 12.9. The summed E-state index contributed by atoms with van der Waals surface area (Å²) in [6.07, 6.45) is 3.34. The smallest absolute Gasteiger partial charge is 0.427 e. The normalized spacial score (nSPS) is 17.0. The molecule has 1 heterocycles. The lowest BCUT2D eigenvalue weighted by molar-refractivity contribution is 0.130. The van der Waals surface area contributed by atoms with Crippen LogP contribution in [0.25, 0.3) is 0 Å². The molecule has 1 aliphatic heterocycles. The molecule has 0 radical (unpaired) electrons. The lowest BCUT2D eigenvalue weighted by Crippen LogP contribution is -2.41. The van der Waals surface area contributed by atoms with Gasteiger partial charge < -0.3 is 4.74 Å². The van der Waals surface area contributed by atoms with Gasteiger partial charge in [-0.05, 0) is 37.3 Å². The van der Waals surface area contributed by atoms with Crippen LogP contribution in [0.4, 0.5) is 10.5 Å². The van der Waals surface area contributed by atoms with E-state index < -0.39 is 22.2 Å². The number of halogens is 1. The third kappa shape index (κ3) is 2.62. The Morgan fingerprint density at radius 3 is 2.50 bits per heavy atom. The lowest BCUT2D eigenvalue weighted by atomic mass is 10.1. The molecule has 0 fully saturated rings. The number of sulfonamides is 1. The Morgan fingerprint density at radius 2 is 1.88 bits per heavy atom. The van der Waals surface area contributed by atoms with Crippen molar-refractivity contribution in [2.75, 3.05) is 4.31 Å². The van der Waals surface area contributed by atoms with Gasteiger partial charge in [0.05, 0.1) is 10.6 Å². The Labute approximate surface area is 144 Å². The predicted molar refractivity (Wildman–Crippen MR) is 90.4 cm³/mol. The van der Waals surface area contributed by atoms with Crippen molar-refractivity contribution in [1.82, 2.24) is 0 Å². The Bertz CT molecular complexity index is 961. The van der Waals surface area contributed by atoms with E-state index in [1.807, 2.05) is 6.92 Å². The van der Waals surface area contributed by atoms with Gasteiger partial charge in [-0.3, -0.25) is 0 Å². The van der Waals surface area contributed by atoms with Gasteiger partial charge in [-0.15, -0.1) is 6.42 Å². The number of benzene rings is 2. The summed E-state index contributed by atoms with van der Waals surface area (Å²) in [5.41, 5.74) is 1.38. The molecule has 0 N–H and O–H groups in total. The fraction of sp³-hybridized carbons (Fsp3) is 0.118. The molecule has 1 aliphatic rings. The van der Waals surface area contributed by atoms with Crippen molar-refractivity contribution < 1.29 is 17.9 Å². The van der Waals surface area contributed by atoms with Crippen LogP contribution in [-0.4, -0.2) is 14.5 Å². The first-order valence-corrected chi connectivity index (χ1v) is 8.74. The maximum absolute atomic E-state index is 12.9. The van der Waals surface area contributed by atoms with E-state index in [9.17, 15) is 13.2 Å². The van der Waals surface area contributed by atoms with Crippen molar-refractivity contribution in [3.05, 3.63) is 58.6 Å². The summed E-state index contributed by atoms with van der Waals surface area (Å²) >= 11 is 5.95. The van der Waals surface area contributed by atoms with E-state index in [0.717, 1.165) is 5.56 Å². The molecule has 3 rings (SSSR count). The van der Waals surface area contributed by atoms with Crippen LogP contribution in [-0.2, 0) is 14.8 Å². The first-order chi connectivity index (χ1) is 11.3. The zero-order valence-corrected chi connectivity index (χ0v) is 14.1. The van der Waals surface area contributed by atoms with Crippen LogP contribution < -0.4 is 4.31 Å². The molecule has 0 saturated heterocycles. The maximum Gasteiger partial charge on any atom is 0.430 e. The van der Waals surface area contributed by atoms with Crippen LogP contribution in [0.5, 0.6) is 0 Å². The Hall–Kier alpha value is -2.49. The van der Waals surface area contributed by atoms with Crippen LogP contribution in [0.3, 0.4) is 0 Å². The molecule has 0 saturated carbocycles. The Morgan fingerprint density at radius 1 is 1.21 bits per heavy atom. The topological polar surface area (TPSA) is 63.7 Å². The number of aryl methyl sites for hydroxylation is 1. The molecule has 7 heteroatoms. The fourth-order valence-corrected chi connectivity index (χ4v) is 3.93. The SMILES string of the molecule is C#CC1OC(=O)N(S(=O)(=O)c2ccc(C)cc2)c2ccc(Cl)cc21. The average Bonchev–Trinajstić information content (AvgIpc) is 2.54. The number of carbonyl (C=O) groups is 1. The van der Waals surface area contributed by atoms with Gasteiger partial charge in [0.1, 0.15) is 0 Å². The molecular weight excluding hydrogens is 350 g/mol. The standard InChI is InChI=1S/C17H12ClNO4S/c1-3-16-14-10-12(18)6-9-15(14)19(17(20)23-16)24(21,22)13-7-4-11(2)5-8-13/h1,4-10,16H,2H3. The zero-order chi connectivity index (χ0) is 17.5. The van der Waals surface area contributed by atoms with Crippen molar-refractivity contribution >= 4 is 33.4 Å². The number of fused-ring (bicyclic) bond motifs is 1. The number of hydrogen-bond donors (Lipinski definition) is 0. The third-order valence-electron chi connectivity index (χ3n) is 3.59. The number of anilines is 1. The Kier molecular flexibility index (Phi) is 3.99. The number of ether oxygens (including phenoxy) is 1. The quantitative estimate of drug-likeness (QED) is 0.765. The van der Waals surface area contributed by atoms with Gasteiger partial charge in [0, 0.05) is 10.6 Å². The number of cyclic esters (lactones) is 1. The van der Waals surface area contributed by atoms with Crippen LogP contribution in [0.1, 0.15) is 17.2 Å². The van der Waals surface area contributed by atoms with Crippen molar-refractivity contribution in [3.8, 4) is 12.3 Å². The highest BCUT2D eigenvalue weighted by atomic mass is 35.5. The molecule has 0 aliphatic carbocycles. The second-order valence-electron chi connectivity index (χ2n) is 5.22. The number of hydrogen-bond acceptors (Lipinski definition) is 4. The van der Waals surface area contributed by atoms with Crippen LogP contribution in [0.15, 0.2) is 47.4 Å². The first-order valence-electron chi connectivity index (χ1n) is 6.93. The van der Waals surface area contributed by atoms with E-state index in [1.54, 1.807) is 12.1 Å². The number of carbonyl (C=O) groups excluding carboxylic acids is 1. The van der Waals surface area contributed by atoms with Crippen LogP contribution >= 0.6 is 11.6 Å². The predicted octanol–water partition coefficient (Wildman–Crippen LogP) is 3.67. The third-order valence-corrected chi connectivity index (χ3v) is 5.52. The molecule has 122 valence electrons. The molecule has 1 unspecified atom stereocenters. The summed E-state index contributed by atoms with van der Waals surface area (Å²) in [5, 5.41) is 0.361. The van der Waals surface area contributed by atoms with Crippen molar-refractivity contribution in [2.24, 2.45) is 0 Å². The highest BCUT2D eigenvalue weighted by Gasteiger charge is 2.40. The lowest BCUT2D eigenvalue weighted by Gasteiger charge is -2.31. The summed E-state index contributed by atoms with van der Waals surface area (Å²) in [4.78, 5) is 12.3.